The summed E-state index contributed by atoms with van der Waals surface area (Å²) >= 11 is 13.6. The molecule has 2 heterocycles. The van der Waals surface area contributed by atoms with Gasteiger partial charge in [0.05, 0.1) is 28.5 Å². The van der Waals surface area contributed by atoms with E-state index in [0.717, 1.165) is 5.56 Å². The standard InChI is InChI=1S/C26H22Cl2N2O4S/c1-4-12-34-25(32)22-15(3)29-26-30(23(22)16-7-10-19(11-8-16)33-5-2)24(31)21(35-26)13-17-6-9-18(27)14-20(17)28/h4,6-11,13-14,23H,1,5,12H2,2-3H3. The van der Waals surface area contributed by atoms with Crippen LogP contribution in [0.3, 0.4) is 0 Å². The quantitative estimate of drug-likeness (QED) is 0.330. The molecule has 0 saturated heterocycles. The van der Waals surface area contributed by atoms with Crippen molar-refractivity contribution < 1.29 is 14.3 Å². The molecule has 1 aromatic heterocycles. The molecule has 0 radical (unpaired) electrons. The Labute approximate surface area is 216 Å². The monoisotopic (exact) mass is 528 g/mol. The number of nitrogens with zero attached hydrogens (tertiary/aromatic N) is 2. The first-order valence-electron chi connectivity index (χ1n) is 10.8. The molecule has 1 aliphatic rings. The van der Waals surface area contributed by atoms with Crippen LogP contribution in [0.5, 0.6) is 5.75 Å². The zero-order valence-corrected chi connectivity index (χ0v) is 21.4. The molecule has 180 valence electrons. The smallest absolute Gasteiger partial charge is 0.338 e. The van der Waals surface area contributed by atoms with Crippen molar-refractivity contribution in [3.05, 3.63) is 107 Å². The number of aromatic nitrogens is 1. The van der Waals surface area contributed by atoms with Gasteiger partial charge in [0.2, 0.25) is 0 Å². The maximum absolute atomic E-state index is 13.6. The number of benzene rings is 2. The zero-order valence-electron chi connectivity index (χ0n) is 19.1. The average molecular weight is 529 g/mol. The van der Waals surface area contributed by atoms with E-state index in [0.29, 0.717) is 48.6 Å². The van der Waals surface area contributed by atoms with Crippen molar-refractivity contribution in [2.24, 2.45) is 4.99 Å². The summed E-state index contributed by atoms with van der Waals surface area (Å²) < 4.78 is 12.9. The molecule has 9 heteroatoms. The van der Waals surface area contributed by atoms with Crippen molar-refractivity contribution in [2.45, 2.75) is 19.9 Å². The van der Waals surface area contributed by atoms with E-state index in [-0.39, 0.29) is 12.2 Å². The molecular formula is C26H22Cl2N2O4S. The maximum atomic E-state index is 13.6. The van der Waals surface area contributed by atoms with Crippen LogP contribution >= 0.6 is 34.5 Å². The molecular weight excluding hydrogens is 507 g/mol. The van der Waals surface area contributed by atoms with Crippen LogP contribution in [0, 0.1) is 0 Å². The number of halogens is 2. The number of hydrogen-bond acceptors (Lipinski definition) is 6. The van der Waals surface area contributed by atoms with Crippen LogP contribution in [-0.4, -0.2) is 23.8 Å². The van der Waals surface area contributed by atoms with Crippen LogP contribution in [0.15, 0.2) is 76.2 Å². The van der Waals surface area contributed by atoms with Gasteiger partial charge in [0.25, 0.3) is 5.56 Å². The van der Waals surface area contributed by atoms with Crippen LogP contribution in [0.4, 0.5) is 0 Å². The van der Waals surface area contributed by atoms with Gasteiger partial charge in [-0.05, 0) is 55.3 Å². The Hall–Kier alpha value is -3.13. The second-order valence-electron chi connectivity index (χ2n) is 7.64. The van der Waals surface area contributed by atoms with E-state index >= 15 is 0 Å². The van der Waals surface area contributed by atoms with Gasteiger partial charge < -0.3 is 9.47 Å². The largest absolute Gasteiger partial charge is 0.494 e. The highest BCUT2D eigenvalue weighted by molar-refractivity contribution is 7.07. The summed E-state index contributed by atoms with van der Waals surface area (Å²) in [6.07, 6.45) is 3.19. The average Bonchev–Trinajstić information content (AvgIpc) is 3.13. The van der Waals surface area contributed by atoms with E-state index < -0.39 is 12.0 Å². The number of ether oxygens (including phenoxy) is 2. The van der Waals surface area contributed by atoms with Crippen LogP contribution in [0.25, 0.3) is 6.08 Å². The van der Waals surface area contributed by atoms with Gasteiger partial charge in [0.1, 0.15) is 12.4 Å². The van der Waals surface area contributed by atoms with Gasteiger partial charge >= 0.3 is 5.97 Å². The van der Waals surface area contributed by atoms with Crippen LogP contribution in [0.1, 0.15) is 31.0 Å². The molecule has 0 amide bonds. The van der Waals surface area contributed by atoms with Crippen molar-refractivity contribution in [1.29, 1.82) is 0 Å². The molecule has 4 rings (SSSR count). The molecule has 3 aromatic rings. The lowest BCUT2D eigenvalue weighted by Crippen LogP contribution is -2.39. The van der Waals surface area contributed by atoms with E-state index in [2.05, 4.69) is 11.6 Å². The summed E-state index contributed by atoms with van der Waals surface area (Å²) in [5, 5.41) is 0.929. The van der Waals surface area contributed by atoms with E-state index in [1.807, 2.05) is 31.2 Å². The molecule has 0 saturated carbocycles. The summed E-state index contributed by atoms with van der Waals surface area (Å²) in [7, 11) is 0. The number of allylic oxidation sites excluding steroid dienone is 1. The van der Waals surface area contributed by atoms with Crippen LogP contribution in [-0.2, 0) is 9.53 Å². The Balaban J connectivity index is 1.91. The van der Waals surface area contributed by atoms with E-state index in [4.69, 9.17) is 32.7 Å². The Morgan fingerprint density at radius 1 is 1.23 bits per heavy atom. The van der Waals surface area contributed by atoms with E-state index in [1.165, 1.54) is 22.0 Å². The summed E-state index contributed by atoms with van der Waals surface area (Å²) in [6, 6.07) is 11.6. The highest BCUT2D eigenvalue weighted by atomic mass is 35.5. The number of fused-ring (bicyclic) bond motifs is 1. The molecule has 6 nitrogen and oxygen atoms in total. The lowest BCUT2D eigenvalue weighted by atomic mass is 9.96. The van der Waals surface area contributed by atoms with Gasteiger partial charge in [0, 0.05) is 10.0 Å². The van der Waals surface area contributed by atoms with Gasteiger partial charge in [-0.15, -0.1) is 0 Å². The fourth-order valence-corrected chi connectivity index (χ4v) is 5.28. The molecule has 0 N–H and O–H groups in total. The van der Waals surface area contributed by atoms with Crippen molar-refractivity contribution in [2.75, 3.05) is 13.2 Å². The molecule has 0 bridgehead atoms. The highest BCUT2D eigenvalue weighted by Crippen LogP contribution is 2.31. The van der Waals surface area contributed by atoms with Gasteiger partial charge in [0.15, 0.2) is 4.80 Å². The number of carbonyl (C=O) groups excluding carboxylic acids is 1. The summed E-state index contributed by atoms with van der Waals surface area (Å²) in [5.74, 6) is 0.137. The predicted octanol–water partition coefficient (Wildman–Crippen LogP) is 4.67. The topological polar surface area (TPSA) is 69.9 Å². The zero-order chi connectivity index (χ0) is 25.1. The van der Waals surface area contributed by atoms with Crippen LogP contribution in [0.2, 0.25) is 10.0 Å². The molecule has 1 aliphatic heterocycles. The maximum Gasteiger partial charge on any atom is 0.338 e. The normalized spacial score (nSPS) is 15.4. The second kappa shape index (κ2) is 10.6. The first kappa shape index (κ1) is 25.0. The minimum atomic E-state index is -0.720. The Bertz CT molecular complexity index is 1500. The second-order valence-corrected chi connectivity index (χ2v) is 9.49. The third-order valence-electron chi connectivity index (χ3n) is 5.33. The van der Waals surface area contributed by atoms with Gasteiger partial charge in [-0.2, -0.15) is 0 Å². The van der Waals surface area contributed by atoms with Gasteiger partial charge in [-0.25, -0.2) is 9.79 Å². The predicted molar refractivity (Wildman–Crippen MR) is 139 cm³/mol. The molecule has 1 unspecified atom stereocenters. The molecule has 0 aliphatic carbocycles. The fourth-order valence-electron chi connectivity index (χ4n) is 3.78. The molecule has 1 atom stereocenters. The summed E-state index contributed by atoms with van der Waals surface area (Å²) in [4.78, 5) is 31.7. The minimum Gasteiger partial charge on any atom is -0.494 e. The van der Waals surface area contributed by atoms with E-state index in [9.17, 15) is 9.59 Å². The fraction of sp³-hybridized carbons (Fsp3) is 0.192. The lowest BCUT2D eigenvalue weighted by molar-refractivity contribution is -0.138. The molecule has 0 spiro atoms. The minimum absolute atomic E-state index is 0.0467. The first-order chi connectivity index (χ1) is 16.8. The summed E-state index contributed by atoms with van der Waals surface area (Å²) in [5.41, 5.74) is 1.86. The number of thiazole rings is 1. The van der Waals surface area contributed by atoms with Gasteiger partial charge in [-0.1, -0.05) is 65.4 Å². The number of esters is 1. The third kappa shape index (κ3) is 5.12. The first-order valence-corrected chi connectivity index (χ1v) is 12.4. The Morgan fingerprint density at radius 2 is 1.97 bits per heavy atom. The third-order valence-corrected chi connectivity index (χ3v) is 6.88. The molecule has 0 fully saturated rings. The van der Waals surface area contributed by atoms with E-state index in [1.54, 1.807) is 31.2 Å². The highest BCUT2D eigenvalue weighted by Gasteiger charge is 2.33. The number of carbonyl (C=O) groups is 1. The number of rotatable bonds is 7. The van der Waals surface area contributed by atoms with Crippen molar-refractivity contribution in [3.63, 3.8) is 0 Å². The Morgan fingerprint density at radius 3 is 2.63 bits per heavy atom. The summed E-state index contributed by atoms with van der Waals surface area (Å²) in [6.45, 7) is 7.81. The van der Waals surface area contributed by atoms with Crippen LogP contribution < -0.4 is 19.6 Å². The van der Waals surface area contributed by atoms with Crippen molar-refractivity contribution in [1.82, 2.24) is 4.57 Å². The molecule has 35 heavy (non-hydrogen) atoms. The molecule has 2 aromatic carbocycles. The van der Waals surface area contributed by atoms with Gasteiger partial charge in [-0.3, -0.25) is 9.36 Å². The number of hydrogen-bond donors (Lipinski definition) is 0. The van der Waals surface area contributed by atoms with Crippen molar-refractivity contribution in [3.8, 4) is 5.75 Å². The lowest BCUT2D eigenvalue weighted by Gasteiger charge is -2.24. The SMILES string of the molecule is C=CCOC(=O)C1=C(C)N=c2sc(=Cc3ccc(Cl)cc3Cl)c(=O)n2C1c1ccc(OCC)cc1. The van der Waals surface area contributed by atoms with Crippen molar-refractivity contribution >= 4 is 46.6 Å². The Kier molecular flexibility index (Phi) is 7.60.